The van der Waals surface area contributed by atoms with Crippen molar-refractivity contribution in [1.29, 1.82) is 0 Å². The van der Waals surface area contributed by atoms with Gasteiger partial charge in [-0.25, -0.2) is 4.79 Å². The Bertz CT molecular complexity index is 984. The van der Waals surface area contributed by atoms with Gasteiger partial charge in [-0.2, -0.15) is 0 Å². The van der Waals surface area contributed by atoms with Gasteiger partial charge in [-0.1, -0.05) is 48.5 Å². The molecule has 33 heavy (non-hydrogen) atoms. The van der Waals surface area contributed by atoms with Crippen molar-refractivity contribution in [1.82, 2.24) is 10.6 Å². The van der Waals surface area contributed by atoms with Crippen LogP contribution in [0.4, 0.5) is 4.79 Å². The lowest BCUT2D eigenvalue weighted by atomic mass is 9.98. The van der Waals surface area contributed by atoms with Gasteiger partial charge in [0.15, 0.2) is 0 Å². The Morgan fingerprint density at radius 1 is 0.970 bits per heavy atom. The van der Waals surface area contributed by atoms with E-state index in [4.69, 9.17) is 14.6 Å². The van der Waals surface area contributed by atoms with Gasteiger partial charge in [-0.05, 0) is 49.9 Å². The first-order valence-electron chi connectivity index (χ1n) is 10.9. The van der Waals surface area contributed by atoms with Crippen LogP contribution in [0.15, 0.2) is 48.5 Å². The normalized spacial score (nSPS) is 14.5. The van der Waals surface area contributed by atoms with Gasteiger partial charge in [0, 0.05) is 5.92 Å². The number of ether oxygens (including phenoxy) is 2. The first-order valence-corrected chi connectivity index (χ1v) is 10.9. The number of carboxylic acid groups (broad SMARTS) is 1. The van der Waals surface area contributed by atoms with E-state index in [1.165, 1.54) is 6.92 Å². The number of nitrogens with one attached hydrogen (secondary N) is 2. The number of alkyl carbamates (subject to hydrolysis) is 1. The molecule has 0 aliphatic heterocycles. The molecule has 2 aromatic carbocycles. The SMILES string of the molecule is C[C@H](NC(=O)[C@H](COC(C)(C)C)NC(=O)OCC1c2ccccc2-c2ccccc21)C(=O)O. The van der Waals surface area contributed by atoms with E-state index in [2.05, 4.69) is 10.6 Å². The predicted molar refractivity (Wildman–Crippen MR) is 123 cm³/mol. The molecule has 0 heterocycles. The van der Waals surface area contributed by atoms with Crippen molar-refractivity contribution in [2.24, 2.45) is 0 Å². The highest BCUT2D eigenvalue weighted by Crippen LogP contribution is 2.44. The molecule has 0 radical (unpaired) electrons. The molecule has 3 rings (SSSR count). The van der Waals surface area contributed by atoms with Gasteiger partial charge in [0.05, 0.1) is 12.2 Å². The largest absolute Gasteiger partial charge is 0.480 e. The number of aliphatic carboxylic acids is 1. The van der Waals surface area contributed by atoms with Gasteiger partial charge in [0.25, 0.3) is 0 Å². The number of hydrogen-bond acceptors (Lipinski definition) is 5. The monoisotopic (exact) mass is 454 g/mol. The summed E-state index contributed by atoms with van der Waals surface area (Å²) in [5.74, 6) is -1.96. The molecule has 0 aromatic heterocycles. The minimum atomic E-state index is -1.18. The topological polar surface area (TPSA) is 114 Å². The van der Waals surface area contributed by atoms with Crippen molar-refractivity contribution in [2.45, 2.75) is 51.3 Å². The van der Waals surface area contributed by atoms with Crippen LogP contribution in [-0.2, 0) is 19.1 Å². The van der Waals surface area contributed by atoms with E-state index in [0.29, 0.717) is 0 Å². The van der Waals surface area contributed by atoms with E-state index in [9.17, 15) is 14.4 Å². The van der Waals surface area contributed by atoms with E-state index >= 15 is 0 Å². The van der Waals surface area contributed by atoms with Crippen LogP contribution in [0.25, 0.3) is 11.1 Å². The van der Waals surface area contributed by atoms with Gasteiger partial charge in [-0.15, -0.1) is 0 Å². The summed E-state index contributed by atoms with van der Waals surface area (Å²) in [6.07, 6.45) is -0.780. The van der Waals surface area contributed by atoms with Crippen LogP contribution in [0.3, 0.4) is 0 Å². The lowest BCUT2D eigenvalue weighted by Crippen LogP contribution is -2.53. The van der Waals surface area contributed by atoms with Gasteiger partial charge in [-0.3, -0.25) is 9.59 Å². The van der Waals surface area contributed by atoms with Crippen LogP contribution < -0.4 is 10.6 Å². The highest BCUT2D eigenvalue weighted by molar-refractivity contribution is 5.89. The fourth-order valence-electron chi connectivity index (χ4n) is 3.67. The molecular formula is C25H30N2O6. The van der Waals surface area contributed by atoms with Crippen LogP contribution >= 0.6 is 0 Å². The highest BCUT2D eigenvalue weighted by atomic mass is 16.5. The molecular weight excluding hydrogens is 424 g/mol. The van der Waals surface area contributed by atoms with E-state index in [0.717, 1.165) is 22.3 Å². The molecule has 0 saturated carbocycles. The Labute approximate surface area is 193 Å². The fourth-order valence-corrected chi connectivity index (χ4v) is 3.67. The Kier molecular flexibility index (Phi) is 7.38. The zero-order valence-corrected chi connectivity index (χ0v) is 19.3. The number of hydrogen-bond donors (Lipinski definition) is 3. The third-order valence-electron chi connectivity index (χ3n) is 5.36. The second-order valence-electron chi connectivity index (χ2n) is 9.01. The molecule has 2 aromatic rings. The van der Waals surface area contributed by atoms with Crippen molar-refractivity contribution >= 4 is 18.0 Å². The lowest BCUT2D eigenvalue weighted by Gasteiger charge is -2.25. The average molecular weight is 455 g/mol. The Balaban J connectivity index is 1.67. The summed E-state index contributed by atoms with van der Waals surface area (Å²) in [6.45, 7) is 6.75. The molecule has 2 atom stereocenters. The summed E-state index contributed by atoms with van der Waals surface area (Å²) < 4.78 is 11.2. The van der Waals surface area contributed by atoms with Crippen LogP contribution in [-0.4, -0.2) is 54.0 Å². The number of fused-ring (bicyclic) bond motifs is 3. The number of benzene rings is 2. The maximum Gasteiger partial charge on any atom is 0.407 e. The second kappa shape index (κ2) is 10.0. The van der Waals surface area contributed by atoms with Gasteiger partial charge in [0.1, 0.15) is 18.7 Å². The molecule has 0 unspecified atom stereocenters. The zero-order chi connectivity index (χ0) is 24.2. The Hall–Kier alpha value is -3.39. The number of amides is 2. The van der Waals surface area contributed by atoms with Crippen molar-refractivity contribution in [3.05, 3.63) is 59.7 Å². The van der Waals surface area contributed by atoms with Crippen LogP contribution in [0.2, 0.25) is 0 Å². The second-order valence-corrected chi connectivity index (χ2v) is 9.01. The fraction of sp³-hybridized carbons (Fsp3) is 0.400. The Morgan fingerprint density at radius 3 is 2.03 bits per heavy atom. The van der Waals surface area contributed by atoms with Crippen LogP contribution in [0.5, 0.6) is 0 Å². The predicted octanol–water partition coefficient (Wildman–Crippen LogP) is 3.30. The summed E-state index contributed by atoms with van der Waals surface area (Å²) in [5.41, 5.74) is 3.82. The smallest absolute Gasteiger partial charge is 0.407 e. The minimum Gasteiger partial charge on any atom is -0.480 e. The summed E-state index contributed by atoms with van der Waals surface area (Å²) >= 11 is 0. The molecule has 8 nitrogen and oxygen atoms in total. The van der Waals surface area contributed by atoms with Crippen molar-refractivity contribution < 1.29 is 29.0 Å². The maximum atomic E-state index is 12.6. The van der Waals surface area contributed by atoms with Gasteiger partial charge >= 0.3 is 12.1 Å². The maximum absolute atomic E-state index is 12.6. The summed E-state index contributed by atoms with van der Waals surface area (Å²) in [4.78, 5) is 36.3. The molecule has 0 saturated heterocycles. The van der Waals surface area contributed by atoms with Crippen molar-refractivity contribution in [3.63, 3.8) is 0 Å². The quantitative estimate of drug-likeness (QED) is 0.564. The standard InChI is InChI=1S/C25H30N2O6/c1-15(23(29)30)26-22(28)21(14-33-25(2,3)4)27-24(31)32-13-20-18-11-7-5-9-16(18)17-10-6-8-12-19(17)20/h5-12,15,20-21H,13-14H2,1-4H3,(H,26,28)(H,27,31)(H,29,30)/t15-,21-/m0/s1. The first-order chi connectivity index (χ1) is 15.6. The third kappa shape index (κ3) is 6.10. The molecule has 2 amide bonds. The number of carbonyl (C=O) groups is 3. The van der Waals surface area contributed by atoms with E-state index in [1.807, 2.05) is 69.3 Å². The lowest BCUT2D eigenvalue weighted by molar-refractivity contribution is -0.142. The molecule has 1 aliphatic rings. The molecule has 0 fully saturated rings. The van der Waals surface area contributed by atoms with Gasteiger partial charge in [0.2, 0.25) is 5.91 Å². The molecule has 8 heteroatoms. The third-order valence-corrected chi connectivity index (χ3v) is 5.36. The minimum absolute atomic E-state index is 0.0971. The molecule has 176 valence electrons. The molecule has 1 aliphatic carbocycles. The van der Waals surface area contributed by atoms with Crippen LogP contribution in [0.1, 0.15) is 44.7 Å². The molecule has 0 spiro atoms. The summed E-state index contributed by atoms with van der Waals surface area (Å²) in [7, 11) is 0. The van der Waals surface area contributed by atoms with E-state index in [1.54, 1.807) is 0 Å². The van der Waals surface area contributed by atoms with Crippen LogP contribution in [0, 0.1) is 0 Å². The molecule has 3 N–H and O–H groups in total. The number of rotatable bonds is 8. The summed E-state index contributed by atoms with van der Waals surface area (Å²) in [6, 6.07) is 13.7. The number of carboxylic acids is 1. The molecule has 0 bridgehead atoms. The number of carbonyl (C=O) groups excluding carboxylic acids is 2. The van der Waals surface area contributed by atoms with Crippen molar-refractivity contribution in [2.75, 3.05) is 13.2 Å². The highest BCUT2D eigenvalue weighted by Gasteiger charge is 2.30. The zero-order valence-electron chi connectivity index (χ0n) is 19.3. The Morgan fingerprint density at radius 2 is 1.52 bits per heavy atom. The average Bonchev–Trinajstić information content (AvgIpc) is 3.08. The summed E-state index contributed by atoms with van der Waals surface area (Å²) in [5, 5.41) is 13.9. The first kappa shape index (κ1) is 24.3. The van der Waals surface area contributed by atoms with Crippen molar-refractivity contribution in [3.8, 4) is 11.1 Å². The van der Waals surface area contributed by atoms with E-state index < -0.39 is 35.7 Å². The van der Waals surface area contributed by atoms with Gasteiger partial charge < -0.3 is 25.2 Å². The van der Waals surface area contributed by atoms with E-state index in [-0.39, 0.29) is 19.1 Å².